The van der Waals surface area contributed by atoms with Crippen LogP contribution in [0.2, 0.25) is 0 Å². The highest BCUT2D eigenvalue weighted by atomic mass is 16.5. The summed E-state index contributed by atoms with van der Waals surface area (Å²) in [7, 11) is 0. The van der Waals surface area contributed by atoms with E-state index in [1.54, 1.807) is 5.48 Å². The molecule has 1 fully saturated rings. The summed E-state index contributed by atoms with van der Waals surface area (Å²) < 4.78 is 0. The number of unbranched alkanes of at least 4 members (excludes halogenated alkanes) is 3. The number of aliphatic carboxylic acids is 1. The first-order valence-corrected chi connectivity index (χ1v) is 11.3. The minimum Gasteiger partial charge on any atom is -0.480 e. The average Bonchev–Trinajstić information content (AvgIpc) is 2.77. The van der Waals surface area contributed by atoms with Crippen LogP contribution in [-0.4, -0.2) is 34.1 Å². The zero-order valence-electron chi connectivity index (χ0n) is 18.1. The van der Waals surface area contributed by atoms with E-state index in [0.717, 1.165) is 56.2 Å². The molecule has 0 aliphatic heterocycles. The van der Waals surface area contributed by atoms with Crippen LogP contribution in [0.1, 0.15) is 76.2 Å². The lowest BCUT2D eigenvalue weighted by molar-refractivity contribution is -0.141. The number of nitrogens with one attached hydrogen (secondary N) is 3. The number of carbonyl (C=O) groups is 3. The minimum absolute atomic E-state index is 0.0535. The molecule has 1 aliphatic carbocycles. The number of carboxylic acid groups (broad SMARTS) is 1. The van der Waals surface area contributed by atoms with Gasteiger partial charge < -0.3 is 15.7 Å². The Hall–Kier alpha value is -2.45. The van der Waals surface area contributed by atoms with Crippen LogP contribution in [-0.2, 0) is 20.9 Å². The second-order valence-electron chi connectivity index (χ2n) is 8.29. The highest BCUT2D eigenvalue weighted by molar-refractivity contribution is 5.90. The number of amides is 2. The Morgan fingerprint density at radius 1 is 0.903 bits per heavy atom. The fraction of sp³-hybridized carbons (Fsp3) is 0.609. The van der Waals surface area contributed by atoms with Crippen molar-refractivity contribution in [1.29, 1.82) is 0 Å². The number of carbonyl (C=O) groups excluding carboxylic acids is 2. The Morgan fingerprint density at radius 2 is 1.52 bits per heavy atom. The molecule has 2 rings (SSSR count). The van der Waals surface area contributed by atoms with Gasteiger partial charge >= 0.3 is 5.97 Å². The van der Waals surface area contributed by atoms with Crippen LogP contribution in [0.4, 0.5) is 5.69 Å². The van der Waals surface area contributed by atoms with E-state index in [9.17, 15) is 19.5 Å². The van der Waals surface area contributed by atoms with Gasteiger partial charge in [0.2, 0.25) is 11.8 Å². The fourth-order valence-electron chi connectivity index (χ4n) is 4.06. The van der Waals surface area contributed by atoms with Gasteiger partial charge in [0, 0.05) is 25.1 Å². The van der Waals surface area contributed by atoms with Gasteiger partial charge in [0.1, 0.15) is 6.04 Å². The van der Waals surface area contributed by atoms with Crippen molar-refractivity contribution < 1.29 is 24.7 Å². The van der Waals surface area contributed by atoms with Crippen LogP contribution in [0.3, 0.4) is 0 Å². The lowest BCUT2D eigenvalue weighted by Gasteiger charge is -2.28. The first kappa shape index (κ1) is 24.8. The van der Waals surface area contributed by atoms with Gasteiger partial charge in [-0.2, -0.15) is 0 Å². The number of hydroxylamine groups is 1. The Kier molecular flexibility index (Phi) is 11.0. The molecule has 5 N–H and O–H groups in total. The number of carboxylic acids is 1. The Bertz CT molecular complexity index is 702. The van der Waals surface area contributed by atoms with Crippen LogP contribution in [0.15, 0.2) is 24.3 Å². The van der Waals surface area contributed by atoms with Gasteiger partial charge in [-0.1, -0.05) is 44.2 Å². The summed E-state index contributed by atoms with van der Waals surface area (Å²) in [5.41, 5.74) is 3.30. The summed E-state index contributed by atoms with van der Waals surface area (Å²) in [5.74, 6) is -1.03. The Balaban J connectivity index is 1.68. The summed E-state index contributed by atoms with van der Waals surface area (Å²) in [6.07, 6.45) is 9.15. The highest BCUT2D eigenvalue weighted by Crippen LogP contribution is 2.27. The maximum Gasteiger partial charge on any atom is 0.320 e. The molecule has 0 saturated heterocycles. The van der Waals surface area contributed by atoms with Crippen molar-refractivity contribution in [2.45, 2.75) is 83.2 Å². The van der Waals surface area contributed by atoms with E-state index in [0.29, 0.717) is 19.4 Å². The summed E-state index contributed by atoms with van der Waals surface area (Å²) in [6, 6.07) is 6.94. The molecule has 0 bridgehead atoms. The van der Waals surface area contributed by atoms with Crippen molar-refractivity contribution in [2.75, 3.05) is 5.32 Å². The third-order valence-corrected chi connectivity index (χ3v) is 5.83. The highest BCUT2D eigenvalue weighted by Gasteiger charge is 2.28. The van der Waals surface area contributed by atoms with Crippen LogP contribution >= 0.6 is 0 Å². The van der Waals surface area contributed by atoms with Crippen molar-refractivity contribution in [2.24, 2.45) is 5.92 Å². The largest absolute Gasteiger partial charge is 0.480 e. The van der Waals surface area contributed by atoms with Gasteiger partial charge in [0.25, 0.3) is 0 Å². The first-order valence-electron chi connectivity index (χ1n) is 11.3. The molecule has 8 heteroatoms. The molecule has 2 amide bonds. The number of hydrogen-bond acceptors (Lipinski definition) is 5. The molecule has 0 spiro atoms. The monoisotopic (exact) mass is 433 g/mol. The van der Waals surface area contributed by atoms with E-state index in [1.807, 2.05) is 24.3 Å². The third kappa shape index (κ3) is 9.48. The van der Waals surface area contributed by atoms with Crippen molar-refractivity contribution in [3.8, 4) is 0 Å². The number of anilines is 1. The predicted molar refractivity (Wildman–Crippen MR) is 118 cm³/mol. The van der Waals surface area contributed by atoms with E-state index < -0.39 is 12.0 Å². The lowest BCUT2D eigenvalue weighted by atomic mass is 9.84. The van der Waals surface area contributed by atoms with Gasteiger partial charge in [-0.05, 0) is 49.3 Å². The van der Waals surface area contributed by atoms with Gasteiger partial charge in [0.15, 0.2) is 0 Å². The van der Waals surface area contributed by atoms with Crippen molar-refractivity contribution in [3.05, 3.63) is 29.8 Å². The number of rotatable bonds is 13. The molecule has 1 saturated carbocycles. The zero-order chi connectivity index (χ0) is 22.5. The molecule has 0 aromatic heterocycles. The number of benzene rings is 1. The molecule has 1 aromatic rings. The summed E-state index contributed by atoms with van der Waals surface area (Å²) in [5, 5.41) is 24.0. The molecular formula is C23H35N3O5. The van der Waals surface area contributed by atoms with Crippen LogP contribution in [0, 0.1) is 5.92 Å². The van der Waals surface area contributed by atoms with Crippen molar-refractivity contribution in [1.82, 2.24) is 10.8 Å². The summed E-state index contributed by atoms with van der Waals surface area (Å²) >= 11 is 0. The second kappa shape index (κ2) is 13.8. The molecule has 8 nitrogen and oxygen atoms in total. The van der Waals surface area contributed by atoms with Crippen LogP contribution in [0.5, 0.6) is 0 Å². The van der Waals surface area contributed by atoms with Crippen molar-refractivity contribution >= 4 is 23.5 Å². The van der Waals surface area contributed by atoms with Gasteiger partial charge in [-0.15, -0.1) is 0 Å². The maximum atomic E-state index is 12.1. The molecular weight excluding hydrogens is 398 g/mol. The average molecular weight is 434 g/mol. The van der Waals surface area contributed by atoms with Crippen molar-refractivity contribution in [3.63, 3.8) is 0 Å². The Morgan fingerprint density at radius 3 is 2.10 bits per heavy atom. The van der Waals surface area contributed by atoms with E-state index in [2.05, 4.69) is 10.6 Å². The molecule has 1 aromatic carbocycles. The van der Waals surface area contributed by atoms with E-state index >= 15 is 0 Å². The number of hydrogen-bond donors (Lipinski definition) is 5. The quantitative estimate of drug-likeness (QED) is 0.184. The van der Waals surface area contributed by atoms with Gasteiger partial charge in [-0.3, -0.25) is 19.6 Å². The van der Waals surface area contributed by atoms with Crippen LogP contribution < -0.4 is 16.1 Å². The topological polar surface area (TPSA) is 128 Å². The molecule has 0 heterocycles. The molecule has 0 unspecified atom stereocenters. The normalized spacial score (nSPS) is 15.3. The van der Waals surface area contributed by atoms with E-state index in [-0.39, 0.29) is 24.2 Å². The molecule has 0 radical (unpaired) electrons. The molecule has 1 aliphatic rings. The zero-order valence-corrected chi connectivity index (χ0v) is 18.1. The van der Waals surface area contributed by atoms with E-state index in [4.69, 9.17) is 5.21 Å². The molecule has 31 heavy (non-hydrogen) atoms. The van der Waals surface area contributed by atoms with Gasteiger partial charge in [-0.25, -0.2) is 5.48 Å². The standard InChI is InChI=1S/C23H35N3O5/c27-20(10-6-1-2-7-11-21(28)26-31)25-19-14-12-17(13-15-19)16-24-22(23(29)30)18-8-4-3-5-9-18/h12-15,18,22,24,31H,1-11,16H2,(H,25,27)(H,26,28)(H,29,30)/t22-/m0/s1. The minimum atomic E-state index is -0.785. The smallest absolute Gasteiger partial charge is 0.320 e. The van der Waals surface area contributed by atoms with Gasteiger partial charge in [0.05, 0.1) is 0 Å². The first-order chi connectivity index (χ1) is 15.0. The predicted octanol–water partition coefficient (Wildman–Crippen LogP) is 3.59. The van der Waals surface area contributed by atoms with Crippen LogP contribution in [0.25, 0.3) is 0 Å². The third-order valence-electron chi connectivity index (χ3n) is 5.83. The van der Waals surface area contributed by atoms with E-state index in [1.165, 1.54) is 6.42 Å². The second-order valence-corrected chi connectivity index (χ2v) is 8.29. The summed E-state index contributed by atoms with van der Waals surface area (Å²) in [6.45, 7) is 0.482. The fourth-order valence-corrected chi connectivity index (χ4v) is 4.06. The maximum absolute atomic E-state index is 12.1. The SMILES string of the molecule is O=C(CCCCCCC(=O)Nc1ccc(CN[C@H](C(=O)O)C2CCCCC2)cc1)NO. The summed E-state index contributed by atoms with van der Waals surface area (Å²) in [4.78, 5) is 34.6. The molecule has 172 valence electrons. The lowest BCUT2D eigenvalue weighted by Crippen LogP contribution is -2.43. The molecule has 1 atom stereocenters. The Labute approximate surface area is 183 Å².